The Balaban J connectivity index is 2.01. The third-order valence-corrected chi connectivity index (χ3v) is 4.39. The van der Waals surface area contributed by atoms with Gasteiger partial charge in [0.05, 0.1) is 25.4 Å². The van der Waals surface area contributed by atoms with Gasteiger partial charge in [0.1, 0.15) is 0 Å². The van der Waals surface area contributed by atoms with Crippen molar-refractivity contribution in [1.82, 2.24) is 9.78 Å². The van der Waals surface area contributed by atoms with Gasteiger partial charge in [-0.1, -0.05) is 11.6 Å². The van der Waals surface area contributed by atoms with E-state index in [1.807, 2.05) is 24.3 Å². The summed E-state index contributed by atoms with van der Waals surface area (Å²) in [5.41, 5.74) is 4.44. The van der Waals surface area contributed by atoms with Gasteiger partial charge in [0.25, 0.3) is 0 Å². The van der Waals surface area contributed by atoms with E-state index in [0.29, 0.717) is 5.02 Å². The molecule has 0 unspecified atom stereocenters. The molecule has 1 aliphatic heterocycles. The Labute approximate surface area is 133 Å². The molecule has 22 heavy (non-hydrogen) atoms. The summed E-state index contributed by atoms with van der Waals surface area (Å²) < 4.78 is 12.9. The van der Waals surface area contributed by atoms with Crippen molar-refractivity contribution in [2.75, 3.05) is 14.2 Å². The molecule has 112 valence electrons. The molecule has 4 nitrogen and oxygen atoms in total. The molecule has 0 spiro atoms. The molecule has 0 atom stereocenters. The molecule has 0 saturated heterocycles. The Morgan fingerprint density at radius 1 is 1.09 bits per heavy atom. The first-order chi connectivity index (χ1) is 10.7. The van der Waals surface area contributed by atoms with Crippen LogP contribution in [-0.4, -0.2) is 24.0 Å². The first kappa shape index (κ1) is 13.5. The van der Waals surface area contributed by atoms with Crippen molar-refractivity contribution in [2.24, 2.45) is 0 Å². The summed E-state index contributed by atoms with van der Waals surface area (Å²) in [6.07, 6.45) is 0.921. The van der Waals surface area contributed by atoms with Gasteiger partial charge in [-0.2, -0.15) is 5.10 Å². The Hall–Kier alpha value is -2.20. The average Bonchev–Trinajstić information content (AvgIpc) is 2.91. The molecule has 5 heteroatoms. The minimum absolute atomic E-state index is 0.704. The molecule has 0 bridgehead atoms. The topological polar surface area (TPSA) is 36.3 Å². The largest absolute Gasteiger partial charge is 0.493 e. The second kappa shape index (κ2) is 4.92. The van der Waals surface area contributed by atoms with Crippen LogP contribution in [0.1, 0.15) is 5.56 Å². The van der Waals surface area contributed by atoms with Crippen molar-refractivity contribution in [2.45, 2.75) is 13.0 Å². The summed E-state index contributed by atoms with van der Waals surface area (Å²) in [7, 11) is 3.32. The van der Waals surface area contributed by atoms with Gasteiger partial charge in [0, 0.05) is 22.5 Å². The Morgan fingerprint density at radius 2 is 1.86 bits per heavy atom. The van der Waals surface area contributed by atoms with Crippen molar-refractivity contribution in [1.29, 1.82) is 0 Å². The van der Waals surface area contributed by atoms with Crippen molar-refractivity contribution in [3.63, 3.8) is 0 Å². The van der Waals surface area contributed by atoms with E-state index < -0.39 is 0 Å². The molecular formula is C17H15ClN2O2. The zero-order chi connectivity index (χ0) is 15.3. The van der Waals surface area contributed by atoms with Crippen LogP contribution >= 0.6 is 11.6 Å². The van der Waals surface area contributed by atoms with E-state index in [9.17, 15) is 0 Å². The van der Waals surface area contributed by atoms with Gasteiger partial charge in [-0.05, 0) is 42.3 Å². The highest BCUT2D eigenvalue weighted by molar-refractivity contribution is 6.31. The first-order valence-corrected chi connectivity index (χ1v) is 7.50. The lowest BCUT2D eigenvalue weighted by molar-refractivity contribution is 0.354. The second-order valence-corrected chi connectivity index (χ2v) is 5.78. The van der Waals surface area contributed by atoms with E-state index in [1.165, 1.54) is 5.56 Å². The van der Waals surface area contributed by atoms with Gasteiger partial charge in [0.15, 0.2) is 11.5 Å². The van der Waals surface area contributed by atoms with Gasteiger partial charge >= 0.3 is 0 Å². The number of fused-ring (bicyclic) bond motifs is 5. The number of hydrogen-bond donors (Lipinski definition) is 0. The molecule has 0 aliphatic carbocycles. The molecule has 1 aliphatic rings. The minimum Gasteiger partial charge on any atom is -0.493 e. The van der Waals surface area contributed by atoms with E-state index in [4.69, 9.17) is 21.1 Å². The van der Waals surface area contributed by atoms with Crippen molar-refractivity contribution < 1.29 is 9.47 Å². The maximum atomic E-state index is 6.08. The Bertz CT molecular complexity index is 886. The number of benzene rings is 2. The Kier molecular flexibility index (Phi) is 3.01. The molecular weight excluding hydrogens is 300 g/mol. The number of halogens is 1. The van der Waals surface area contributed by atoms with E-state index in [2.05, 4.69) is 15.8 Å². The normalized spacial score (nSPS) is 12.9. The summed E-state index contributed by atoms with van der Waals surface area (Å²) in [5.74, 6) is 1.50. The number of aromatic nitrogens is 2. The number of ether oxygens (including phenoxy) is 2. The van der Waals surface area contributed by atoms with Crippen molar-refractivity contribution in [3.05, 3.63) is 40.9 Å². The SMILES string of the molecule is COc1cc2c(cc1OC)-c1c3ccc(Cl)cc3nn1CC2. The molecule has 0 N–H and O–H groups in total. The van der Waals surface area contributed by atoms with Crippen LogP contribution in [0.4, 0.5) is 0 Å². The molecule has 3 aromatic rings. The lowest BCUT2D eigenvalue weighted by Gasteiger charge is -2.20. The third kappa shape index (κ3) is 1.87. The highest BCUT2D eigenvalue weighted by Gasteiger charge is 2.23. The zero-order valence-electron chi connectivity index (χ0n) is 12.4. The van der Waals surface area contributed by atoms with Crippen LogP contribution in [0.2, 0.25) is 5.02 Å². The highest BCUT2D eigenvalue weighted by Crippen LogP contribution is 2.41. The molecule has 2 aromatic carbocycles. The first-order valence-electron chi connectivity index (χ1n) is 7.12. The predicted octanol–water partition coefficient (Wildman–Crippen LogP) is 3.93. The van der Waals surface area contributed by atoms with Gasteiger partial charge in [-0.3, -0.25) is 4.68 Å². The average molecular weight is 315 g/mol. The third-order valence-electron chi connectivity index (χ3n) is 4.16. The van der Waals surface area contributed by atoms with Crippen LogP contribution < -0.4 is 9.47 Å². The summed E-state index contributed by atoms with van der Waals surface area (Å²) in [4.78, 5) is 0. The van der Waals surface area contributed by atoms with Crippen molar-refractivity contribution >= 4 is 22.5 Å². The van der Waals surface area contributed by atoms with E-state index in [0.717, 1.165) is 46.6 Å². The Morgan fingerprint density at radius 3 is 2.64 bits per heavy atom. The van der Waals surface area contributed by atoms with Crippen LogP contribution in [0.25, 0.3) is 22.2 Å². The van der Waals surface area contributed by atoms with Gasteiger partial charge in [0.2, 0.25) is 0 Å². The number of methoxy groups -OCH3 is 2. The maximum absolute atomic E-state index is 6.08. The van der Waals surface area contributed by atoms with E-state index in [-0.39, 0.29) is 0 Å². The zero-order valence-corrected chi connectivity index (χ0v) is 13.1. The summed E-state index contributed by atoms with van der Waals surface area (Å²) in [6.45, 7) is 0.851. The van der Waals surface area contributed by atoms with E-state index >= 15 is 0 Å². The van der Waals surface area contributed by atoms with Gasteiger partial charge < -0.3 is 9.47 Å². The molecule has 0 amide bonds. The molecule has 0 fully saturated rings. The summed E-state index contributed by atoms with van der Waals surface area (Å²) in [6, 6.07) is 9.94. The van der Waals surface area contributed by atoms with Crippen LogP contribution in [0.15, 0.2) is 30.3 Å². The second-order valence-electron chi connectivity index (χ2n) is 5.35. The fourth-order valence-electron chi connectivity index (χ4n) is 3.13. The lowest BCUT2D eigenvalue weighted by Crippen LogP contribution is -2.12. The molecule has 0 saturated carbocycles. The lowest BCUT2D eigenvalue weighted by atomic mass is 9.96. The molecule has 4 rings (SSSR count). The fourth-order valence-corrected chi connectivity index (χ4v) is 3.29. The van der Waals surface area contributed by atoms with Crippen LogP contribution in [-0.2, 0) is 13.0 Å². The fraction of sp³-hybridized carbons (Fsp3) is 0.235. The van der Waals surface area contributed by atoms with Crippen LogP contribution in [0.5, 0.6) is 11.5 Å². The minimum atomic E-state index is 0.704. The van der Waals surface area contributed by atoms with Gasteiger partial charge in [-0.15, -0.1) is 0 Å². The van der Waals surface area contributed by atoms with E-state index in [1.54, 1.807) is 14.2 Å². The quantitative estimate of drug-likeness (QED) is 0.719. The van der Waals surface area contributed by atoms with Crippen molar-refractivity contribution in [3.8, 4) is 22.8 Å². The maximum Gasteiger partial charge on any atom is 0.161 e. The number of nitrogens with zero attached hydrogens (tertiary/aromatic N) is 2. The van der Waals surface area contributed by atoms with Crippen LogP contribution in [0.3, 0.4) is 0 Å². The number of rotatable bonds is 2. The standard InChI is InChI=1S/C17H15ClN2O2/c1-21-15-7-10-5-6-20-17(13(10)9-16(15)22-2)12-4-3-11(18)8-14(12)19-20/h3-4,7-9H,5-6H2,1-2H3. The number of hydrogen-bond acceptors (Lipinski definition) is 3. The summed E-state index contributed by atoms with van der Waals surface area (Å²) >= 11 is 6.08. The smallest absolute Gasteiger partial charge is 0.161 e. The van der Waals surface area contributed by atoms with Crippen LogP contribution in [0, 0.1) is 0 Å². The number of aryl methyl sites for hydroxylation is 2. The monoisotopic (exact) mass is 314 g/mol. The molecule has 2 heterocycles. The molecule has 0 radical (unpaired) electrons. The predicted molar refractivity (Wildman–Crippen MR) is 87.0 cm³/mol. The highest BCUT2D eigenvalue weighted by atomic mass is 35.5. The van der Waals surface area contributed by atoms with Gasteiger partial charge in [-0.25, -0.2) is 0 Å². The summed E-state index contributed by atoms with van der Waals surface area (Å²) in [5, 5.41) is 6.48. The molecule has 1 aromatic heterocycles.